The molecule has 0 fully saturated rings. The Morgan fingerprint density at radius 1 is 1.07 bits per heavy atom. The van der Waals surface area contributed by atoms with Gasteiger partial charge in [0.1, 0.15) is 0 Å². The zero-order chi connectivity index (χ0) is 21.9. The Balaban J connectivity index is 2.00. The second kappa shape index (κ2) is 9.24. The highest BCUT2D eigenvalue weighted by molar-refractivity contribution is 7.90. The van der Waals surface area contributed by atoms with Gasteiger partial charge in [-0.2, -0.15) is 0 Å². The first-order valence-corrected chi connectivity index (χ1v) is 12.6. The van der Waals surface area contributed by atoms with E-state index in [-0.39, 0.29) is 10.8 Å². The van der Waals surface area contributed by atoms with E-state index < -0.39 is 9.84 Å². The van der Waals surface area contributed by atoms with Crippen molar-refractivity contribution in [1.29, 1.82) is 0 Å². The van der Waals surface area contributed by atoms with Gasteiger partial charge in [-0.15, -0.1) is 0 Å². The molecular formula is C22H27N3O3S2. The molecule has 3 aromatic rings. The molecule has 0 saturated heterocycles. The number of sulfone groups is 1. The van der Waals surface area contributed by atoms with Crippen LogP contribution in [0.25, 0.3) is 10.2 Å². The number of likely N-dealkylation sites (N-methyl/N-ethyl adjacent to an activating group) is 1. The third-order valence-corrected chi connectivity index (χ3v) is 7.20. The molecule has 0 aliphatic rings. The largest absolute Gasteiger partial charge is 0.302 e. The number of benzene rings is 2. The van der Waals surface area contributed by atoms with Crippen LogP contribution in [0, 0.1) is 6.92 Å². The van der Waals surface area contributed by atoms with E-state index in [9.17, 15) is 13.2 Å². The minimum Gasteiger partial charge on any atom is -0.302 e. The van der Waals surface area contributed by atoms with Gasteiger partial charge in [-0.25, -0.2) is 13.4 Å². The van der Waals surface area contributed by atoms with Crippen molar-refractivity contribution in [2.24, 2.45) is 0 Å². The minimum atomic E-state index is -3.40. The summed E-state index contributed by atoms with van der Waals surface area (Å²) in [6.45, 7) is 9.17. The maximum atomic E-state index is 13.4. The average Bonchev–Trinajstić information content (AvgIpc) is 3.13. The molecule has 0 unspecified atom stereocenters. The highest BCUT2D eigenvalue weighted by atomic mass is 32.2. The molecule has 1 amide bonds. The fraction of sp³-hybridized carbons (Fsp3) is 0.364. The summed E-state index contributed by atoms with van der Waals surface area (Å²) < 4.78 is 24.9. The molecule has 0 aliphatic carbocycles. The number of carbonyl (C=O) groups excluding carboxylic acids is 1. The first-order chi connectivity index (χ1) is 14.2. The van der Waals surface area contributed by atoms with E-state index in [1.54, 1.807) is 17.0 Å². The number of aryl methyl sites for hydroxylation is 1. The average molecular weight is 446 g/mol. The second-order valence-corrected chi connectivity index (χ2v) is 10.3. The van der Waals surface area contributed by atoms with Crippen molar-refractivity contribution in [1.82, 2.24) is 9.88 Å². The van der Waals surface area contributed by atoms with Gasteiger partial charge in [0.05, 0.1) is 15.1 Å². The van der Waals surface area contributed by atoms with Crippen LogP contribution in [0.1, 0.15) is 29.8 Å². The van der Waals surface area contributed by atoms with Gasteiger partial charge in [-0.05, 0) is 55.9 Å². The van der Waals surface area contributed by atoms with Crippen LogP contribution in [0.15, 0.2) is 47.4 Å². The van der Waals surface area contributed by atoms with Gasteiger partial charge in [0, 0.05) is 24.9 Å². The number of rotatable bonds is 8. The van der Waals surface area contributed by atoms with Gasteiger partial charge < -0.3 is 4.90 Å². The van der Waals surface area contributed by atoms with Gasteiger partial charge in [-0.1, -0.05) is 37.3 Å². The second-order valence-electron chi connectivity index (χ2n) is 7.25. The van der Waals surface area contributed by atoms with Gasteiger partial charge in [0.2, 0.25) is 0 Å². The van der Waals surface area contributed by atoms with E-state index in [1.807, 2.05) is 19.1 Å². The van der Waals surface area contributed by atoms with Crippen LogP contribution in [-0.2, 0) is 9.84 Å². The zero-order valence-corrected chi connectivity index (χ0v) is 19.4. The van der Waals surface area contributed by atoms with Crippen molar-refractivity contribution in [2.75, 3.05) is 37.3 Å². The van der Waals surface area contributed by atoms with Crippen LogP contribution in [0.2, 0.25) is 0 Å². The highest BCUT2D eigenvalue weighted by Crippen LogP contribution is 2.30. The number of fused-ring (bicyclic) bond motifs is 1. The van der Waals surface area contributed by atoms with Crippen molar-refractivity contribution in [3.63, 3.8) is 0 Å². The molecule has 30 heavy (non-hydrogen) atoms. The summed E-state index contributed by atoms with van der Waals surface area (Å²) in [7, 11) is -3.40. The quantitative estimate of drug-likeness (QED) is 0.524. The summed E-state index contributed by atoms with van der Waals surface area (Å²) in [4.78, 5) is 22.2. The van der Waals surface area contributed by atoms with Crippen LogP contribution < -0.4 is 4.90 Å². The molecule has 0 spiro atoms. The number of aromatic nitrogens is 1. The van der Waals surface area contributed by atoms with Gasteiger partial charge in [0.25, 0.3) is 5.91 Å². The molecule has 6 nitrogen and oxygen atoms in total. The maximum absolute atomic E-state index is 13.4. The van der Waals surface area contributed by atoms with Crippen LogP contribution in [-0.4, -0.2) is 56.6 Å². The number of hydrogen-bond donors (Lipinski definition) is 0. The van der Waals surface area contributed by atoms with Crippen LogP contribution in [0.5, 0.6) is 0 Å². The third kappa shape index (κ3) is 5.06. The van der Waals surface area contributed by atoms with Crippen LogP contribution >= 0.6 is 11.3 Å². The first kappa shape index (κ1) is 22.4. The Morgan fingerprint density at radius 2 is 1.80 bits per heavy atom. The smallest absolute Gasteiger partial charge is 0.260 e. The highest BCUT2D eigenvalue weighted by Gasteiger charge is 2.23. The monoisotopic (exact) mass is 445 g/mol. The van der Waals surface area contributed by atoms with Crippen molar-refractivity contribution in [3.05, 3.63) is 53.6 Å². The normalized spacial score (nSPS) is 11.9. The lowest BCUT2D eigenvalue weighted by molar-refractivity contribution is 0.0983. The molecule has 0 saturated carbocycles. The summed E-state index contributed by atoms with van der Waals surface area (Å²) in [6.07, 6.45) is 1.14. The molecule has 160 valence electrons. The molecule has 2 aromatic carbocycles. The predicted octanol–water partition coefficient (Wildman–Crippen LogP) is 4.00. The summed E-state index contributed by atoms with van der Waals surface area (Å²) >= 11 is 1.48. The molecule has 0 radical (unpaired) electrons. The van der Waals surface area contributed by atoms with E-state index in [2.05, 4.69) is 29.8 Å². The topological polar surface area (TPSA) is 70.6 Å². The molecule has 8 heteroatoms. The van der Waals surface area contributed by atoms with Crippen molar-refractivity contribution in [2.45, 2.75) is 25.7 Å². The van der Waals surface area contributed by atoms with E-state index in [4.69, 9.17) is 0 Å². The minimum absolute atomic E-state index is 0.136. The lowest BCUT2D eigenvalue weighted by atomic mass is 10.2. The third-order valence-electron chi connectivity index (χ3n) is 5.05. The molecule has 0 bridgehead atoms. The van der Waals surface area contributed by atoms with E-state index in [0.717, 1.165) is 35.1 Å². The van der Waals surface area contributed by atoms with Gasteiger partial charge in [-0.3, -0.25) is 9.69 Å². The Kier molecular flexibility index (Phi) is 6.90. The fourth-order valence-corrected chi connectivity index (χ4v) is 4.97. The summed E-state index contributed by atoms with van der Waals surface area (Å²) in [6, 6.07) is 12.2. The molecule has 1 heterocycles. The van der Waals surface area contributed by atoms with Crippen molar-refractivity contribution < 1.29 is 13.2 Å². The van der Waals surface area contributed by atoms with Crippen molar-refractivity contribution in [3.8, 4) is 0 Å². The molecule has 0 aliphatic heterocycles. The fourth-order valence-electron chi connectivity index (χ4n) is 3.22. The predicted molar refractivity (Wildman–Crippen MR) is 123 cm³/mol. The lowest BCUT2D eigenvalue weighted by Gasteiger charge is -2.24. The standard InChI is InChI=1S/C22H27N3O3S2/c1-5-24(6-2)12-13-25(22-23-19-11-10-16(3)14-20(19)29-22)21(26)17-8-7-9-18(15-17)30(4,27)28/h7-11,14-15H,5-6,12-13H2,1-4H3. The summed E-state index contributed by atoms with van der Waals surface area (Å²) in [5.41, 5.74) is 2.33. The number of nitrogens with zero attached hydrogens (tertiary/aromatic N) is 3. The van der Waals surface area contributed by atoms with E-state index in [0.29, 0.717) is 23.8 Å². The Hall–Kier alpha value is -2.29. The molecular weight excluding hydrogens is 418 g/mol. The van der Waals surface area contributed by atoms with Crippen molar-refractivity contribution >= 4 is 42.4 Å². The van der Waals surface area contributed by atoms with Crippen LogP contribution in [0.3, 0.4) is 0 Å². The Labute approximate surface area is 182 Å². The number of thiazole rings is 1. The molecule has 3 rings (SSSR count). The number of carbonyl (C=O) groups is 1. The number of hydrogen-bond acceptors (Lipinski definition) is 6. The number of amides is 1. The molecule has 1 aromatic heterocycles. The Bertz CT molecular complexity index is 1150. The van der Waals surface area contributed by atoms with Gasteiger partial charge in [0.15, 0.2) is 15.0 Å². The summed E-state index contributed by atoms with van der Waals surface area (Å²) in [5, 5.41) is 0.623. The number of anilines is 1. The van der Waals surface area contributed by atoms with E-state index >= 15 is 0 Å². The van der Waals surface area contributed by atoms with Gasteiger partial charge >= 0.3 is 0 Å². The SMILES string of the molecule is CCN(CC)CCN(C(=O)c1cccc(S(C)(=O)=O)c1)c1nc2ccc(C)cc2s1. The zero-order valence-electron chi connectivity index (χ0n) is 17.8. The summed E-state index contributed by atoms with van der Waals surface area (Å²) in [5.74, 6) is -0.247. The first-order valence-electron chi connectivity index (χ1n) is 9.94. The molecule has 0 N–H and O–H groups in total. The maximum Gasteiger partial charge on any atom is 0.260 e. The molecule has 0 atom stereocenters. The Morgan fingerprint density at radius 3 is 2.47 bits per heavy atom. The van der Waals surface area contributed by atoms with E-state index in [1.165, 1.54) is 23.5 Å². The van der Waals surface area contributed by atoms with Crippen LogP contribution in [0.4, 0.5) is 5.13 Å². The lowest BCUT2D eigenvalue weighted by Crippen LogP contribution is -2.38.